The van der Waals surface area contributed by atoms with Crippen LogP contribution in [0.4, 0.5) is 0 Å². The molecule has 0 unspecified atom stereocenters. The number of halogens is 3. The van der Waals surface area contributed by atoms with Gasteiger partial charge in [-0.15, -0.1) is 0 Å². The van der Waals surface area contributed by atoms with E-state index in [1.165, 1.54) is 0 Å². The average molecular weight is 316 g/mol. The zero-order valence-electron chi connectivity index (χ0n) is 10.6. The molecular formula is C14H13Cl3N2. The summed E-state index contributed by atoms with van der Waals surface area (Å²) in [6.07, 6.45) is 0.750. The van der Waals surface area contributed by atoms with Gasteiger partial charge in [-0.2, -0.15) is 0 Å². The van der Waals surface area contributed by atoms with Crippen LogP contribution in [0.15, 0.2) is 24.3 Å². The molecule has 0 atom stereocenters. The molecule has 0 saturated heterocycles. The maximum Gasteiger partial charge on any atom is 0.142 e. The van der Waals surface area contributed by atoms with E-state index in [0.717, 1.165) is 12.0 Å². The Morgan fingerprint density at radius 3 is 1.95 bits per heavy atom. The highest BCUT2D eigenvalue weighted by Gasteiger charge is 2.14. The van der Waals surface area contributed by atoms with Crippen LogP contribution >= 0.6 is 34.8 Å². The third-order valence-electron chi connectivity index (χ3n) is 2.59. The van der Waals surface area contributed by atoms with E-state index in [-0.39, 0.29) is 0 Å². The highest BCUT2D eigenvalue weighted by atomic mass is 35.5. The minimum absolute atomic E-state index is 0.373. The lowest BCUT2D eigenvalue weighted by atomic mass is 10.1. The van der Waals surface area contributed by atoms with Gasteiger partial charge >= 0.3 is 0 Å². The number of hydrogen-bond donors (Lipinski definition) is 0. The molecule has 2 rings (SSSR count). The van der Waals surface area contributed by atoms with Crippen LogP contribution in [0.3, 0.4) is 0 Å². The van der Waals surface area contributed by atoms with Gasteiger partial charge in [-0.1, -0.05) is 60.8 Å². The lowest BCUT2D eigenvalue weighted by Gasteiger charge is -2.09. The van der Waals surface area contributed by atoms with Crippen LogP contribution in [-0.2, 0) is 6.42 Å². The van der Waals surface area contributed by atoms with Gasteiger partial charge in [0.05, 0.1) is 5.56 Å². The fourth-order valence-corrected chi connectivity index (χ4v) is 2.53. The number of hydrogen-bond acceptors (Lipinski definition) is 2. The van der Waals surface area contributed by atoms with Gasteiger partial charge in [0.15, 0.2) is 0 Å². The van der Waals surface area contributed by atoms with Gasteiger partial charge in [0.25, 0.3) is 0 Å². The van der Waals surface area contributed by atoms with Crippen LogP contribution < -0.4 is 0 Å². The highest BCUT2D eigenvalue weighted by Crippen LogP contribution is 2.33. The van der Waals surface area contributed by atoms with E-state index in [9.17, 15) is 0 Å². The molecule has 2 aromatic rings. The van der Waals surface area contributed by atoms with Crippen LogP contribution in [-0.4, -0.2) is 9.97 Å². The smallest absolute Gasteiger partial charge is 0.142 e. The molecular weight excluding hydrogens is 303 g/mol. The van der Waals surface area contributed by atoms with Crippen molar-refractivity contribution in [1.82, 2.24) is 9.97 Å². The van der Waals surface area contributed by atoms with Crippen LogP contribution in [0, 0.1) is 5.92 Å². The normalized spacial score (nSPS) is 11.1. The standard InChI is InChI=1S/C14H13Cl3N2/c1-8(2)7-11-18-13(16)12(14(17)19-11)9-3-5-10(15)6-4-9/h3-6,8H,7H2,1-2H3. The molecule has 1 aromatic heterocycles. The van der Waals surface area contributed by atoms with Crippen molar-refractivity contribution in [3.63, 3.8) is 0 Å². The molecule has 5 heteroatoms. The Hall–Kier alpha value is -0.830. The maximum absolute atomic E-state index is 6.22. The van der Waals surface area contributed by atoms with Gasteiger partial charge in [-0.3, -0.25) is 0 Å². The second-order valence-electron chi connectivity index (χ2n) is 4.70. The predicted molar refractivity (Wildman–Crippen MR) is 81.0 cm³/mol. The van der Waals surface area contributed by atoms with E-state index in [2.05, 4.69) is 23.8 Å². The minimum atomic E-state index is 0.373. The first-order valence-electron chi connectivity index (χ1n) is 5.95. The Kier molecular flexibility index (Phi) is 4.67. The van der Waals surface area contributed by atoms with Crippen molar-refractivity contribution in [2.75, 3.05) is 0 Å². The van der Waals surface area contributed by atoms with Gasteiger partial charge in [-0.05, 0) is 23.6 Å². The summed E-state index contributed by atoms with van der Waals surface area (Å²) in [4.78, 5) is 8.62. The third-order valence-corrected chi connectivity index (χ3v) is 3.39. The molecule has 0 spiro atoms. The Balaban J connectivity index is 2.44. The van der Waals surface area contributed by atoms with Gasteiger partial charge in [0.2, 0.25) is 0 Å². The molecule has 2 nitrogen and oxygen atoms in total. The van der Waals surface area contributed by atoms with E-state index in [1.807, 2.05) is 12.1 Å². The molecule has 1 heterocycles. The summed E-state index contributed by atoms with van der Waals surface area (Å²) in [6, 6.07) is 7.26. The zero-order chi connectivity index (χ0) is 14.0. The van der Waals surface area contributed by atoms with Crippen molar-refractivity contribution in [2.24, 2.45) is 5.92 Å². The summed E-state index contributed by atoms with van der Waals surface area (Å²) in [5, 5.41) is 1.41. The maximum atomic E-state index is 6.22. The van der Waals surface area contributed by atoms with Crippen LogP contribution in [0.2, 0.25) is 15.3 Å². The molecule has 0 fully saturated rings. The first-order chi connectivity index (χ1) is 8.97. The number of nitrogens with zero attached hydrogens (tertiary/aromatic N) is 2. The molecule has 0 bridgehead atoms. The van der Waals surface area contributed by atoms with Crippen LogP contribution in [0.5, 0.6) is 0 Å². The Bertz CT molecular complexity index is 557. The second-order valence-corrected chi connectivity index (χ2v) is 5.85. The molecule has 0 aliphatic carbocycles. The summed E-state index contributed by atoms with van der Waals surface area (Å²) >= 11 is 18.3. The monoisotopic (exact) mass is 314 g/mol. The number of rotatable bonds is 3. The Morgan fingerprint density at radius 1 is 0.947 bits per heavy atom. The van der Waals surface area contributed by atoms with Crippen molar-refractivity contribution in [3.8, 4) is 11.1 Å². The van der Waals surface area contributed by atoms with E-state index in [4.69, 9.17) is 34.8 Å². The summed E-state index contributed by atoms with van der Waals surface area (Å²) in [5.74, 6) is 1.12. The number of aromatic nitrogens is 2. The van der Waals surface area contributed by atoms with Gasteiger partial charge in [-0.25, -0.2) is 9.97 Å². The fourth-order valence-electron chi connectivity index (χ4n) is 1.76. The quantitative estimate of drug-likeness (QED) is 0.718. The molecule has 0 N–H and O–H groups in total. The van der Waals surface area contributed by atoms with Crippen LogP contribution in [0.1, 0.15) is 19.7 Å². The molecule has 0 amide bonds. The molecule has 19 heavy (non-hydrogen) atoms. The van der Waals surface area contributed by atoms with E-state index in [1.54, 1.807) is 12.1 Å². The largest absolute Gasteiger partial charge is 0.220 e. The summed E-state index contributed by atoms with van der Waals surface area (Å²) < 4.78 is 0. The summed E-state index contributed by atoms with van der Waals surface area (Å²) in [5.41, 5.74) is 1.50. The lowest BCUT2D eigenvalue weighted by Crippen LogP contribution is -2.02. The predicted octanol–water partition coefficient (Wildman–Crippen LogP) is 5.30. The molecule has 0 radical (unpaired) electrons. The fraction of sp³-hybridized carbons (Fsp3) is 0.286. The Morgan fingerprint density at radius 2 is 1.47 bits per heavy atom. The summed E-state index contributed by atoms with van der Waals surface area (Å²) in [7, 11) is 0. The summed E-state index contributed by atoms with van der Waals surface area (Å²) in [6.45, 7) is 4.19. The van der Waals surface area contributed by atoms with Gasteiger partial charge < -0.3 is 0 Å². The molecule has 0 aliphatic heterocycles. The topological polar surface area (TPSA) is 25.8 Å². The van der Waals surface area contributed by atoms with E-state index in [0.29, 0.717) is 32.6 Å². The molecule has 100 valence electrons. The average Bonchev–Trinajstić information content (AvgIpc) is 2.29. The zero-order valence-corrected chi connectivity index (χ0v) is 12.9. The lowest BCUT2D eigenvalue weighted by molar-refractivity contribution is 0.621. The SMILES string of the molecule is CC(C)Cc1nc(Cl)c(-c2ccc(Cl)cc2)c(Cl)n1. The van der Waals surface area contributed by atoms with E-state index >= 15 is 0 Å². The third kappa shape index (κ3) is 3.59. The second kappa shape index (κ2) is 6.08. The van der Waals surface area contributed by atoms with Crippen molar-refractivity contribution in [1.29, 1.82) is 0 Å². The van der Waals surface area contributed by atoms with Crippen molar-refractivity contribution in [3.05, 3.63) is 45.4 Å². The molecule has 0 aliphatic rings. The van der Waals surface area contributed by atoms with Crippen LogP contribution in [0.25, 0.3) is 11.1 Å². The van der Waals surface area contributed by atoms with Gasteiger partial charge in [0.1, 0.15) is 16.1 Å². The molecule has 1 aromatic carbocycles. The Labute approximate surface area is 127 Å². The highest BCUT2D eigenvalue weighted by molar-refractivity contribution is 6.37. The molecule has 0 saturated carbocycles. The van der Waals surface area contributed by atoms with Crippen molar-refractivity contribution >= 4 is 34.8 Å². The first-order valence-corrected chi connectivity index (χ1v) is 7.08. The van der Waals surface area contributed by atoms with Crippen molar-refractivity contribution < 1.29 is 0 Å². The van der Waals surface area contributed by atoms with Gasteiger partial charge in [0, 0.05) is 11.4 Å². The minimum Gasteiger partial charge on any atom is -0.220 e. The van der Waals surface area contributed by atoms with E-state index < -0.39 is 0 Å². The number of benzene rings is 1. The van der Waals surface area contributed by atoms with Crippen molar-refractivity contribution in [2.45, 2.75) is 20.3 Å². The first kappa shape index (κ1) is 14.6.